The van der Waals surface area contributed by atoms with Crippen molar-refractivity contribution < 1.29 is 24.1 Å². The number of methoxy groups -OCH3 is 1. The standard InChI is InChI=1S/C37H46N4O5Si/c1-26-34(19-12-27-10-13-29(14-11-27)41-22-23-45-37(41)43)46-35(36(26)47(3,4)31-17-15-30(44-2)16-18-31)20-21-40-24-33(38-39-40)32(25-42)28-8-6-5-7-9-28/h5-11,13-18,24,26,32,34-36,42H,12,19-23,25H2,1-4H3/t26-,32?,34+,35-,36+/m0/s1. The lowest BCUT2D eigenvalue weighted by Gasteiger charge is -2.36. The highest BCUT2D eigenvalue weighted by atomic mass is 28.3. The molecule has 9 nitrogen and oxygen atoms in total. The third kappa shape index (κ3) is 7.14. The largest absolute Gasteiger partial charge is 0.497 e. The molecule has 248 valence electrons. The van der Waals surface area contributed by atoms with Crippen LogP contribution >= 0.6 is 0 Å². The number of amides is 1. The first-order valence-electron chi connectivity index (χ1n) is 16.7. The summed E-state index contributed by atoms with van der Waals surface area (Å²) < 4.78 is 19.4. The average Bonchev–Trinajstić information content (AvgIpc) is 3.83. The number of aromatic nitrogens is 3. The van der Waals surface area contributed by atoms with Crippen LogP contribution in [0.2, 0.25) is 18.6 Å². The Morgan fingerprint density at radius 3 is 2.40 bits per heavy atom. The van der Waals surface area contributed by atoms with Crippen molar-refractivity contribution in [2.24, 2.45) is 5.92 Å². The summed E-state index contributed by atoms with van der Waals surface area (Å²) in [6.45, 7) is 9.00. The lowest BCUT2D eigenvalue weighted by Crippen LogP contribution is -2.50. The summed E-state index contributed by atoms with van der Waals surface area (Å²) in [6, 6.07) is 26.8. The van der Waals surface area contributed by atoms with E-state index < -0.39 is 8.07 Å². The number of hydrogen-bond acceptors (Lipinski definition) is 7. The van der Waals surface area contributed by atoms with Gasteiger partial charge in [0.05, 0.1) is 52.2 Å². The van der Waals surface area contributed by atoms with Gasteiger partial charge in [-0.1, -0.05) is 85.0 Å². The number of nitrogens with zero attached hydrogens (tertiary/aromatic N) is 4. The van der Waals surface area contributed by atoms with Crippen molar-refractivity contribution in [2.45, 2.75) is 69.5 Å². The van der Waals surface area contributed by atoms with Crippen LogP contribution in [0.4, 0.5) is 10.5 Å². The Hall–Kier alpha value is -3.99. The molecule has 3 heterocycles. The van der Waals surface area contributed by atoms with Crippen LogP contribution in [0.15, 0.2) is 85.1 Å². The molecule has 2 aliphatic heterocycles. The van der Waals surface area contributed by atoms with Crippen molar-refractivity contribution in [3.05, 3.63) is 102 Å². The van der Waals surface area contributed by atoms with E-state index in [0.717, 1.165) is 42.0 Å². The summed E-state index contributed by atoms with van der Waals surface area (Å²) in [6.07, 6.45) is 4.56. The van der Waals surface area contributed by atoms with E-state index in [0.29, 0.717) is 31.2 Å². The lowest BCUT2D eigenvalue weighted by molar-refractivity contribution is 0.0250. The Bertz CT molecular complexity index is 1610. The van der Waals surface area contributed by atoms with Gasteiger partial charge in [0.2, 0.25) is 0 Å². The first-order valence-corrected chi connectivity index (χ1v) is 19.7. The molecule has 1 amide bonds. The van der Waals surface area contributed by atoms with Crippen LogP contribution in [0.1, 0.15) is 42.5 Å². The predicted octanol–water partition coefficient (Wildman–Crippen LogP) is 5.78. The molecule has 0 spiro atoms. The van der Waals surface area contributed by atoms with E-state index in [4.69, 9.17) is 14.2 Å². The number of aryl methyl sites for hydroxylation is 2. The molecular formula is C37H46N4O5Si. The van der Waals surface area contributed by atoms with Crippen molar-refractivity contribution in [1.82, 2.24) is 15.0 Å². The summed E-state index contributed by atoms with van der Waals surface area (Å²) >= 11 is 0. The summed E-state index contributed by atoms with van der Waals surface area (Å²) in [4.78, 5) is 13.7. The zero-order valence-corrected chi connectivity index (χ0v) is 28.8. The van der Waals surface area contributed by atoms with Crippen LogP contribution in [0.5, 0.6) is 5.75 Å². The molecule has 0 aliphatic carbocycles. The molecule has 2 aliphatic rings. The van der Waals surface area contributed by atoms with Gasteiger partial charge in [-0.15, -0.1) is 5.10 Å². The number of anilines is 1. The number of ether oxygens (including phenoxy) is 3. The van der Waals surface area contributed by atoms with Gasteiger partial charge >= 0.3 is 6.09 Å². The molecule has 47 heavy (non-hydrogen) atoms. The quantitative estimate of drug-likeness (QED) is 0.183. The van der Waals surface area contributed by atoms with Crippen LogP contribution in [0.25, 0.3) is 0 Å². The van der Waals surface area contributed by atoms with Gasteiger partial charge in [-0.05, 0) is 66.1 Å². The second kappa shape index (κ2) is 14.4. The summed E-state index contributed by atoms with van der Waals surface area (Å²) in [7, 11) is -0.291. The Morgan fingerprint density at radius 2 is 1.74 bits per heavy atom. The van der Waals surface area contributed by atoms with Crippen LogP contribution in [0, 0.1) is 5.92 Å². The molecule has 10 heteroatoms. The minimum atomic E-state index is -2.00. The van der Waals surface area contributed by atoms with Crippen molar-refractivity contribution >= 4 is 25.0 Å². The zero-order valence-electron chi connectivity index (χ0n) is 27.8. The molecule has 0 radical (unpaired) electrons. The van der Waals surface area contributed by atoms with Gasteiger partial charge in [-0.25, -0.2) is 4.79 Å². The molecule has 0 saturated carbocycles. The molecule has 0 bridgehead atoms. The second-order valence-corrected chi connectivity index (χ2v) is 18.0. The van der Waals surface area contributed by atoms with Crippen molar-refractivity contribution in [3.8, 4) is 5.75 Å². The highest BCUT2D eigenvalue weighted by Gasteiger charge is 2.50. The number of cyclic esters (lactones) is 1. The minimum Gasteiger partial charge on any atom is -0.497 e. The average molecular weight is 655 g/mol. The zero-order chi connectivity index (χ0) is 33.0. The molecule has 1 aromatic heterocycles. The van der Waals surface area contributed by atoms with E-state index >= 15 is 0 Å². The molecule has 1 unspecified atom stereocenters. The normalized spacial score (nSPS) is 22.0. The number of carbonyl (C=O) groups excluding carboxylic acids is 1. The van der Waals surface area contributed by atoms with Crippen molar-refractivity contribution in [2.75, 3.05) is 31.8 Å². The Labute approximate surface area is 278 Å². The highest BCUT2D eigenvalue weighted by molar-refractivity contribution is 6.91. The van der Waals surface area contributed by atoms with Crippen LogP contribution in [-0.4, -0.2) is 73.3 Å². The van der Waals surface area contributed by atoms with E-state index in [1.807, 2.05) is 53.3 Å². The number of hydrogen-bond donors (Lipinski definition) is 1. The maximum atomic E-state index is 12.0. The number of aliphatic hydroxyl groups excluding tert-OH is 1. The van der Waals surface area contributed by atoms with Crippen molar-refractivity contribution in [1.29, 1.82) is 0 Å². The fraction of sp³-hybridized carbons (Fsp3) is 0.432. The number of rotatable bonds is 13. The Kier molecular flexibility index (Phi) is 10.1. The van der Waals surface area contributed by atoms with Gasteiger partial charge in [0.25, 0.3) is 0 Å². The van der Waals surface area contributed by atoms with E-state index in [1.165, 1.54) is 10.8 Å². The van der Waals surface area contributed by atoms with Gasteiger partial charge in [0.15, 0.2) is 0 Å². The SMILES string of the molecule is COc1ccc([Si](C)(C)[C@@H]2[C@@H](C)[C@@H](CCc3ccc(N4CCOC4=O)cc3)O[C@H]2CCn2cc(C(CO)c3ccccc3)nn2)cc1. The van der Waals surface area contributed by atoms with E-state index in [-0.39, 0.29) is 30.8 Å². The monoisotopic (exact) mass is 654 g/mol. The number of aliphatic hydroxyl groups is 1. The molecule has 1 N–H and O–H groups in total. The molecule has 6 rings (SSSR count). The molecule has 2 fully saturated rings. The van der Waals surface area contributed by atoms with E-state index in [1.54, 1.807) is 12.0 Å². The van der Waals surface area contributed by atoms with Crippen LogP contribution in [0.3, 0.4) is 0 Å². The Balaban J connectivity index is 1.17. The van der Waals surface area contributed by atoms with Gasteiger partial charge in [-0.3, -0.25) is 9.58 Å². The van der Waals surface area contributed by atoms with E-state index in [2.05, 4.69) is 66.7 Å². The first-order chi connectivity index (χ1) is 22.8. The fourth-order valence-corrected chi connectivity index (χ4v) is 11.7. The van der Waals surface area contributed by atoms with Gasteiger partial charge in [-0.2, -0.15) is 0 Å². The maximum absolute atomic E-state index is 12.0. The molecule has 3 aromatic carbocycles. The lowest BCUT2D eigenvalue weighted by atomic mass is 9.95. The van der Waals surface area contributed by atoms with Crippen LogP contribution < -0.4 is 14.8 Å². The third-order valence-electron chi connectivity index (χ3n) is 10.2. The molecular weight excluding hydrogens is 609 g/mol. The van der Waals surface area contributed by atoms with Crippen LogP contribution in [-0.2, 0) is 22.4 Å². The summed E-state index contributed by atoms with van der Waals surface area (Å²) in [5.74, 6) is 1.05. The van der Waals surface area contributed by atoms with Gasteiger partial charge < -0.3 is 19.3 Å². The third-order valence-corrected chi connectivity index (χ3v) is 14.6. The van der Waals surface area contributed by atoms with E-state index in [9.17, 15) is 9.90 Å². The van der Waals surface area contributed by atoms with Gasteiger partial charge in [0, 0.05) is 18.4 Å². The second-order valence-electron chi connectivity index (χ2n) is 13.4. The summed E-state index contributed by atoms with van der Waals surface area (Å²) in [5.41, 5.74) is 4.31. The summed E-state index contributed by atoms with van der Waals surface area (Å²) in [5, 5.41) is 20.5. The molecule has 2 saturated heterocycles. The fourth-order valence-electron chi connectivity index (χ4n) is 7.59. The first kappa shape index (κ1) is 32.9. The molecule has 4 aromatic rings. The minimum absolute atomic E-state index is 0.0229. The highest BCUT2D eigenvalue weighted by Crippen LogP contribution is 2.46. The number of carbonyl (C=O) groups is 1. The van der Waals surface area contributed by atoms with Crippen molar-refractivity contribution in [3.63, 3.8) is 0 Å². The van der Waals surface area contributed by atoms with Gasteiger partial charge in [0.1, 0.15) is 12.4 Å². The molecule has 5 atom stereocenters. The Morgan fingerprint density at radius 1 is 1.00 bits per heavy atom. The maximum Gasteiger partial charge on any atom is 0.414 e. The number of benzene rings is 3. The predicted molar refractivity (Wildman–Crippen MR) is 185 cm³/mol. The topological polar surface area (TPSA) is 98.9 Å². The smallest absolute Gasteiger partial charge is 0.414 e.